The second-order valence-corrected chi connectivity index (χ2v) is 5.37. The average Bonchev–Trinajstić information content (AvgIpc) is 2.55. The summed E-state index contributed by atoms with van der Waals surface area (Å²) >= 11 is 0. The van der Waals surface area contributed by atoms with E-state index in [1.807, 2.05) is 13.1 Å². The number of nitrogens with zero attached hydrogens (tertiary/aromatic N) is 1. The molecule has 0 spiro atoms. The third-order valence-electron chi connectivity index (χ3n) is 4.10. The maximum atomic E-state index is 12.5. The van der Waals surface area contributed by atoms with E-state index in [0.717, 1.165) is 12.8 Å². The van der Waals surface area contributed by atoms with Crippen LogP contribution in [0.5, 0.6) is 11.5 Å². The van der Waals surface area contributed by atoms with Gasteiger partial charge in [-0.25, -0.2) is 4.79 Å². The lowest BCUT2D eigenvalue weighted by molar-refractivity contribution is 0.186. The van der Waals surface area contributed by atoms with Crippen LogP contribution in [0, 0.1) is 0 Å². The molecule has 0 radical (unpaired) electrons. The maximum absolute atomic E-state index is 12.5. The first-order chi connectivity index (χ1) is 10.2. The quantitative estimate of drug-likeness (QED) is 0.924. The van der Waals surface area contributed by atoms with Gasteiger partial charge in [0.2, 0.25) is 0 Å². The summed E-state index contributed by atoms with van der Waals surface area (Å²) in [6.07, 6.45) is 5.81. The van der Waals surface area contributed by atoms with Crippen molar-refractivity contribution < 1.29 is 14.3 Å². The summed E-state index contributed by atoms with van der Waals surface area (Å²) in [6, 6.07) is 5.64. The molecule has 2 amide bonds. The molecular formula is C16H24N2O3. The summed E-state index contributed by atoms with van der Waals surface area (Å²) in [5, 5.41) is 2.92. The van der Waals surface area contributed by atoms with Crippen molar-refractivity contribution in [2.45, 2.75) is 38.1 Å². The Balaban J connectivity index is 2.11. The van der Waals surface area contributed by atoms with Crippen LogP contribution in [0.3, 0.4) is 0 Å². The highest BCUT2D eigenvalue weighted by molar-refractivity contribution is 5.93. The van der Waals surface area contributed by atoms with Gasteiger partial charge < -0.3 is 19.7 Å². The highest BCUT2D eigenvalue weighted by Gasteiger charge is 2.23. The molecule has 1 aliphatic carbocycles. The van der Waals surface area contributed by atoms with Gasteiger partial charge in [0.1, 0.15) is 17.2 Å². The molecule has 0 heterocycles. The van der Waals surface area contributed by atoms with Gasteiger partial charge in [0.25, 0.3) is 0 Å². The first kappa shape index (κ1) is 15.5. The normalized spacial score (nSPS) is 15.4. The fourth-order valence-electron chi connectivity index (χ4n) is 2.80. The lowest BCUT2D eigenvalue weighted by Gasteiger charge is -2.31. The number of nitrogens with one attached hydrogen (secondary N) is 1. The molecular weight excluding hydrogens is 268 g/mol. The Labute approximate surface area is 126 Å². The number of methoxy groups -OCH3 is 2. The van der Waals surface area contributed by atoms with E-state index in [4.69, 9.17) is 9.47 Å². The Kier molecular flexibility index (Phi) is 5.31. The highest BCUT2D eigenvalue weighted by Crippen LogP contribution is 2.34. The van der Waals surface area contributed by atoms with Gasteiger partial charge in [0.05, 0.1) is 14.2 Å². The smallest absolute Gasteiger partial charge is 0.322 e. The van der Waals surface area contributed by atoms with E-state index >= 15 is 0 Å². The van der Waals surface area contributed by atoms with E-state index in [0.29, 0.717) is 23.2 Å². The minimum absolute atomic E-state index is 0.121. The molecule has 1 N–H and O–H groups in total. The molecule has 1 fully saturated rings. The van der Waals surface area contributed by atoms with E-state index in [-0.39, 0.29) is 6.03 Å². The molecule has 116 valence electrons. The van der Waals surface area contributed by atoms with E-state index in [9.17, 15) is 4.79 Å². The van der Waals surface area contributed by atoms with Crippen LogP contribution in [0.1, 0.15) is 32.1 Å². The van der Waals surface area contributed by atoms with E-state index in [2.05, 4.69) is 5.32 Å². The van der Waals surface area contributed by atoms with Crippen LogP contribution in [0.4, 0.5) is 10.5 Å². The molecule has 0 aromatic heterocycles. The van der Waals surface area contributed by atoms with Crippen LogP contribution in [0.25, 0.3) is 0 Å². The largest absolute Gasteiger partial charge is 0.494 e. The summed E-state index contributed by atoms with van der Waals surface area (Å²) < 4.78 is 10.6. The number of urea groups is 1. The standard InChI is InChI=1S/C16H24N2O3/c1-18(12-8-5-4-6-9-12)16(19)17-15-13(20-2)10-7-11-14(15)21-3/h7,10-12H,4-6,8-9H2,1-3H3,(H,17,19). The molecule has 1 saturated carbocycles. The van der Waals surface area contributed by atoms with Gasteiger partial charge in [0.15, 0.2) is 0 Å². The molecule has 5 heteroatoms. The van der Waals surface area contributed by atoms with Crippen LogP contribution in [-0.4, -0.2) is 38.2 Å². The number of hydrogen-bond donors (Lipinski definition) is 1. The predicted octanol–water partition coefficient (Wildman–Crippen LogP) is 3.50. The summed E-state index contributed by atoms with van der Waals surface area (Å²) in [5.74, 6) is 1.19. The van der Waals surface area contributed by atoms with Crippen LogP contribution < -0.4 is 14.8 Å². The minimum atomic E-state index is -0.121. The third kappa shape index (κ3) is 3.60. The maximum Gasteiger partial charge on any atom is 0.322 e. The topological polar surface area (TPSA) is 50.8 Å². The number of ether oxygens (including phenoxy) is 2. The lowest BCUT2D eigenvalue weighted by Crippen LogP contribution is -2.41. The molecule has 1 aliphatic rings. The molecule has 0 unspecified atom stereocenters. The summed E-state index contributed by atoms with van der Waals surface area (Å²) in [4.78, 5) is 14.2. The number of benzene rings is 1. The van der Waals surface area contributed by atoms with Crippen LogP contribution in [0.15, 0.2) is 18.2 Å². The van der Waals surface area contributed by atoms with Gasteiger partial charge in [-0.1, -0.05) is 25.3 Å². The molecule has 5 nitrogen and oxygen atoms in total. The minimum Gasteiger partial charge on any atom is -0.494 e. The Morgan fingerprint density at radius 3 is 2.24 bits per heavy atom. The Hall–Kier alpha value is -1.91. The zero-order valence-corrected chi connectivity index (χ0v) is 13.0. The van der Waals surface area contributed by atoms with Crippen molar-refractivity contribution in [3.8, 4) is 11.5 Å². The number of para-hydroxylation sites is 1. The first-order valence-electron chi connectivity index (χ1n) is 7.42. The fourth-order valence-corrected chi connectivity index (χ4v) is 2.80. The van der Waals surface area contributed by atoms with Crippen molar-refractivity contribution in [1.82, 2.24) is 4.90 Å². The molecule has 1 aromatic rings. The monoisotopic (exact) mass is 292 g/mol. The number of rotatable bonds is 4. The average molecular weight is 292 g/mol. The van der Waals surface area contributed by atoms with Crippen molar-refractivity contribution in [2.24, 2.45) is 0 Å². The van der Waals surface area contributed by atoms with Crippen molar-refractivity contribution in [3.63, 3.8) is 0 Å². The van der Waals surface area contributed by atoms with Gasteiger partial charge in [-0.05, 0) is 25.0 Å². The number of carbonyl (C=O) groups excluding carboxylic acids is 1. The predicted molar refractivity (Wildman–Crippen MR) is 83.2 cm³/mol. The summed E-state index contributed by atoms with van der Waals surface area (Å²) in [6.45, 7) is 0. The van der Waals surface area contributed by atoms with Gasteiger partial charge >= 0.3 is 6.03 Å². The molecule has 0 saturated heterocycles. The molecule has 1 aromatic carbocycles. The van der Waals surface area contributed by atoms with Crippen molar-refractivity contribution in [3.05, 3.63) is 18.2 Å². The lowest BCUT2D eigenvalue weighted by atomic mass is 9.95. The molecule has 0 bridgehead atoms. The number of hydrogen-bond acceptors (Lipinski definition) is 3. The van der Waals surface area contributed by atoms with E-state index < -0.39 is 0 Å². The number of amides is 2. The van der Waals surface area contributed by atoms with Gasteiger partial charge in [-0.3, -0.25) is 0 Å². The molecule has 0 atom stereocenters. The summed E-state index contributed by atoms with van der Waals surface area (Å²) in [5.41, 5.74) is 0.579. The van der Waals surface area contributed by atoms with Crippen LogP contribution >= 0.6 is 0 Å². The second kappa shape index (κ2) is 7.20. The van der Waals surface area contributed by atoms with Crippen LogP contribution in [0.2, 0.25) is 0 Å². The van der Waals surface area contributed by atoms with Gasteiger partial charge in [0, 0.05) is 13.1 Å². The van der Waals surface area contributed by atoms with E-state index in [1.165, 1.54) is 19.3 Å². The fraction of sp³-hybridized carbons (Fsp3) is 0.562. The Morgan fingerprint density at radius 2 is 1.71 bits per heavy atom. The van der Waals surface area contributed by atoms with Gasteiger partial charge in [-0.15, -0.1) is 0 Å². The van der Waals surface area contributed by atoms with Crippen molar-refractivity contribution in [2.75, 3.05) is 26.6 Å². The van der Waals surface area contributed by atoms with Crippen molar-refractivity contribution >= 4 is 11.7 Å². The molecule has 0 aliphatic heterocycles. The first-order valence-corrected chi connectivity index (χ1v) is 7.42. The zero-order valence-electron chi connectivity index (χ0n) is 13.0. The van der Waals surface area contributed by atoms with E-state index in [1.54, 1.807) is 31.3 Å². The van der Waals surface area contributed by atoms with Crippen molar-refractivity contribution in [1.29, 1.82) is 0 Å². The SMILES string of the molecule is COc1cccc(OC)c1NC(=O)N(C)C1CCCCC1. The number of anilines is 1. The molecule has 21 heavy (non-hydrogen) atoms. The van der Waals surface area contributed by atoms with Crippen LogP contribution in [-0.2, 0) is 0 Å². The third-order valence-corrected chi connectivity index (χ3v) is 4.10. The Morgan fingerprint density at radius 1 is 1.14 bits per heavy atom. The molecule has 2 rings (SSSR count). The summed E-state index contributed by atoms with van der Waals surface area (Å²) in [7, 11) is 5.01. The highest BCUT2D eigenvalue weighted by atomic mass is 16.5. The Bertz CT molecular complexity index is 462. The second-order valence-electron chi connectivity index (χ2n) is 5.37. The van der Waals surface area contributed by atoms with Gasteiger partial charge in [-0.2, -0.15) is 0 Å². The number of carbonyl (C=O) groups is 1. The zero-order chi connectivity index (χ0) is 15.2.